The van der Waals surface area contributed by atoms with Crippen molar-refractivity contribution in [3.8, 4) is 0 Å². The molecule has 1 aromatic rings. The van der Waals surface area contributed by atoms with Crippen LogP contribution in [0, 0.1) is 13.8 Å². The van der Waals surface area contributed by atoms with Crippen molar-refractivity contribution in [2.75, 3.05) is 27.2 Å². The lowest BCUT2D eigenvalue weighted by Gasteiger charge is -2.16. The first kappa shape index (κ1) is 15.4. The molecule has 1 N–H and O–H groups in total. The van der Waals surface area contributed by atoms with Gasteiger partial charge in [0.2, 0.25) is 5.91 Å². The molecule has 1 amide bonds. The molecule has 0 radical (unpaired) electrons. The van der Waals surface area contributed by atoms with Crippen molar-refractivity contribution in [1.29, 1.82) is 0 Å². The SMILES string of the molecule is CNC(=O)CCN(C)CC(=O)c1ccc(C)cc1C. The van der Waals surface area contributed by atoms with Gasteiger partial charge in [-0.15, -0.1) is 0 Å². The molecular formula is C15H22N2O2. The van der Waals surface area contributed by atoms with Crippen LogP contribution in [0.5, 0.6) is 0 Å². The van der Waals surface area contributed by atoms with Gasteiger partial charge in [-0.2, -0.15) is 0 Å². The molecule has 0 aromatic heterocycles. The lowest BCUT2D eigenvalue weighted by Crippen LogP contribution is -2.30. The monoisotopic (exact) mass is 262 g/mol. The van der Waals surface area contributed by atoms with E-state index in [1.165, 1.54) is 0 Å². The fourth-order valence-electron chi connectivity index (χ4n) is 1.95. The Balaban J connectivity index is 2.56. The van der Waals surface area contributed by atoms with Crippen LogP contribution in [0.3, 0.4) is 0 Å². The molecule has 0 aliphatic heterocycles. The molecule has 0 aliphatic rings. The van der Waals surface area contributed by atoms with E-state index in [9.17, 15) is 9.59 Å². The van der Waals surface area contributed by atoms with Crippen LogP contribution >= 0.6 is 0 Å². The molecule has 0 heterocycles. The summed E-state index contributed by atoms with van der Waals surface area (Å²) in [6, 6.07) is 5.84. The quantitative estimate of drug-likeness (QED) is 0.791. The van der Waals surface area contributed by atoms with Crippen LogP contribution in [0.2, 0.25) is 0 Å². The molecular weight excluding hydrogens is 240 g/mol. The highest BCUT2D eigenvalue weighted by Crippen LogP contribution is 2.11. The summed E-state index contributed by atoms with van der Waals surface area (Å²) < 4.78 is 0. The van der Waals surface area contributed by atoms with Gasteiger partial charge in [0.1, 0.15) is 0 Å². The number of hydrogen-bond acceptors (Lipinski definition) is 3. The number of benzene rings is 1. The molecule has 0 fully saturated rings. The standard InChI is InChI=1S/C15H22N2O2/c1-11-5-6-13(12(2)9-11)14(18)10-17(4)8-7-15(19)16-3/h5-6,9H,7-8,10H2,1-4H3,(H,16,19). The van der Waals surface area contributed by atoms with E-state index in [0.717, 1.165) is 16.7 Å². The summed E-state index contributed by atoms with van der Waals surface area (Å²) in [5.74, 6) is 0.0859. The van der Waals surface area contributed by atoms with Crippen molar-refractivity contribution in [3.05, 3.63) is 34.9 Å². The summed E-state index contributed by atoms with van der Waals surface area (Å²) in [6.07, 6.45) is 0.410. The number of hydrogen-bond donors (Lipinski definition) is 1. The first-order valence-corrected chi connectivity index (χ1v) is 6.43. The Bertz CT molecular complexity index is 469. The van der Waals surface area contributed by atoms with Crippen molar-refractivity contribution < 1.29 is 9.59 Å². The Morgan fingerprint density at radius 1 is 1.26 bits per heavy atom. The van der Waals surface area contributed by atoms with Gasteiger partial charge < -0.3 is 5.32 Å². The Hall–Kier alpha value is -1.68. The van der Waals surface area contributed by atoms with Gasteiger partial charge in [0.25, 0.3) is 0 Å². The average molecular weight is 262 g/mol. The molecule has 19 heavy (non-hydrogen) atoms. The highest BCUT2D eigenvalue weighted by molar-refractivity contribution is 5.99. The molecule has 104 valence electrons. The molecule has 0 atom stereocenters. The Labute approximate surface area is 114 Å². The summed E-state index contributed by atoms with van der Waals surface area (Å²) in [6.45, 7) is 4.87. The Morgan fingerprint density at radius 3 is 2.53 bits per heavy atom. The lowest BCUT2D eigenvalue weighted by atomic mass is 10.0. The number of ketones is 1. The van der Waals surface area contributed by atoms with Crippen LogP contribution in [0.25, 0.3) is 0 Å². The van der Waals surface area contributed by atoms with Gasteiger partial charge in [-0.25, -0.2) is 0 Å². The summed E-state index contributed by atoms with van der Waals surface area (Å²) in [7, 11) is 3.47. The molecule has 1 aromatic carbocycles. The third-order valence-corrected chi connectivity index (χ3v) is 3.10. The Kier molecular flexibility index (Phi) is 5.70. The zero-order valence-electron chi connectivity index (χ0n) is 12.1. The van der Waals surface area contributed by atoms with Gasteiger partial charge in [-0.05, 0) is 26.5 Å². The third-order valence-electron chi connectivity index (χ3n) is 3.10. The molecule has 0 saturated heterocycles. The lowest BCUT2D eigenvalue weighted by molar-refractivity contribution is -0.120. The van der Waals surface area contributed by atoms with E-state index in [0.29, 0.717) is 19.5 Å². The number of rotatable bonds is 6. The van der Waals surface area contributed by atoms with Crippen LogP contribution in [0.4, 0.5) is 0 Å². The van der Waals surface area contributed by atoms with E-state index in [-0.39, 0.29) is 11.7 Å². The average Bonchev–Trinajstić information content (AvgIpc) is 2.35. The van der Waals surface area contributed by atoms with Crippen molar-refractivity contribution >= 4 is 11.7 Å². The molecule has 0 aliphatic carbocycles. The highest BCUT2D eigenvalue weighted by atomic mass is 16.1. The second-order valence-electron chi connectivity index (χ2n) is 4.90. The minimum atomic E-state index is -0.00850. The minimum Gasteiger partial charge on any atom is -0.359 e. The highest BCUT2D eigenvalue weighted by Gasteiger charge is 2.12. The fraction of sp³-hybridized carbons (Fsp3) is 0.467. The van der Waals surface area contributed by atoms with Crippen LogP contribution in [0.15, 0.2) is 18.2 Å². The number of amides is 1. The summed E-state index contributed by atoms with van der Waals surface area (Å²) >= 11 is 0. The van der Waals surface area contributed by atoms with Gasteiger partial charge in [-0.1, -0.05) is 23.8 Å². The Morgan fingerprint density at radius 2 is 1.95 bits per heavy atom. The van der Waals surface area contributed by atoms with Crippen LogP contribution in [-0.4, -0.2) is 43.8 Å². The maximum atomic E-state index is 12.2. The number of likely N-dealkylation sites (N-methyl/N-ethyl adjacent to an activating group) is 1. The molecule has 4 heteroatoms. The number of carbonyl (C=O) groups is 2. The van der Waals surface area contributed by atoms with Gasteiger partial charge >= 0.3 is 0 Å². The summed E-state index contributed by atoms with van der Waals surface area (Å²) in [5, 5.41) is 2.57. The topological polar surface area (TPSA) is 49.4 Å². The molecule has 0 saturated carbocycles. The smallest absolute Gasteiger partial charge is 0.221 e. The van der Waals surface area contributed by atoms with Gasteiger partial charge in [-0.3, -0.25) is 14.5 Å². The second kappa shape index (κ2) is 7.04. The number of Topliss-reactive ketones (excluding diaryl/α,β-unsaturated/α-hetero) is 1. The van der Waals surface area contributed by atoms with Gasteiger partial charge in [0.05, 0.1) is 6.54 Å². The van der Waals surface area contributed by atoms with E-state index in [2.05, 4.69) is 5.32 Å². The molecule has 0 bridgehead atoms. The van der Waals surface area contributed by atoms with Crippen molar-refractivity contribution in [2.24, 2.45) is 0 Å². The van der Waals surface area contributed by atoms with E-state index < -0.39 is 0 Å². The largest absolute Gasteiger partial charge is 0.359 e. The summed E-state index contributed by atoms with van der Waals surface area (Å²) in [5.41, 5.74) is 2.92. The van der Waals surface area contributed by atoms with E-state index in [4.69, 9.17) is 0 Å². The third kappa shape index (κ3) is 4.83. The first-order chi connectivity index (χ1) is 8.93. The van der Waals surface area contributed by atoms with Crippen molar-refractivity contribution in [1.82, 2.24) is 10.2 Å². The predicted octanol–water partition coefficient (Wildman–Crippen LogP) is 1.55. The minimum absolute atomic E-state index is 0.00850. The second-order valence-corrected chi connectivity index (χ2v) is 4.90. The number of nitrogens with zero attached hydrogens (tertiary/aromatic N) is 1. The summed E-state index contributed by atoms with van der Waals surface area (Å²) in [4.78, 5) is 25.2. The number of aryl methyl sites for hydroxylation is 2. The van der Waals surface area contributed by atoms with Crippen LogP contribution in [0.1, 0.15) is 27.9 Å². The normalized spacial score (nSPS) is 10.6. The molecule has 1 rings (SSSR count). The zero-order chi connectivity index (χ0) is 14.4. The van der Waals surface area contributed by atoms with Crippen LogP contribution in [-0.2, 0) is 4.79 Å². The zero-order valence-corrected chi connectivity index (χ0v) is 12.1. The first-order valence-electron chi connectivity index (χ1n) is 6.43. The van der Waals surface area contributed by atoms with Gasteiger partial charge in [0, 0.05) is 25.6 Å². The maximum Gasteiger partial charge on any atom is 0.221 e. The predicted molar refractivity (Wildman–Crippen MR) is 76.4 cm³/mol. The van der Waals surface area contributed by atoms with E-state index >= 15 is 0 Å². The molecule has 0 unspecified atom stereocenters. The number of nitrogens with one attached hydrogen (secondary N) is 1. The van der Waals surface area contributed by atoms with Gasteiger partial charge in [0.15, 0.2) is 5.78 Å². The fourth-order valence-corrected chi connectivity index (χ4v) is 1.95. The number of carbonyl (C=O) groups excluding carboxylic acids is 2. The molecule has 0 spiro atoms. The van der Waals surface area contributed by atoms with Crippen molar-refractivity contribution in [2.45, 2.75) is 20.3 Å². The van der Waals surface area contributed by atoms with Crippen LogP contribution < -0.4 is 5.32 Å². The maximum absolute atomic E-state index is 12.2. The van der Waals surface area contributed by atoms with E-state index in [1.807, 2.05) is 44.0 Å². The van der Waals surface area contributed by atoms with E-state index in [1.54, 1.807) is 7.05 Å². The van der Waals surface area contributed by atoms with Crippen molar-refractivity contribution in [3.63, 3.8) is 0 Å². The molecule has 4 nitrogen and oxygen atoms in total.